The third-order valence-corrected chi connectivity index (χ3v) is 9.71. The van der Waals surface area contributed by atoms with Gasteiger partial charge in [-0.25, -0.2) is 0 Å². The smallest absolute Gasteiger partial charge is 3.00 e. The monoisotopic (exact) mass is 977 g/mol. The van der Waals surface area contributed by atoms with Crippen LogP contribution in [0.1, 0.15) is 11.1 Å². The molecule has 1 radical (unpaired) electrons. The molecule has 0 unspecified atom stereocenters. The number of fused-ring (bicyclic) bond motifs is 8. The van der Waals surface area contributed by atoms with E-state index >= 15 is 0 Å². The van der Waals surface area contributed by atoms with Gasteiger partial charge in [0.15, 0.2) is 0 Å². The van der Waals surface area contributed by atoms with Crippen molar-refractivity contribution in [3.8, 4) is 0 Å². The number of nitrogens with zero attached hydrogens (tertiary/aromatic N) is 6. The molecule has 0 amide bonds. The predicted molar refractivity (Wildman–Crippen MR) is 231 cm³/mol. The fraction of sp³-hybridized carbons (Fsp3) is 0.0435. The zero-order valence-electron chi connectivity index (χ0n) is 33.0. The first kappa shape index (κ1) is 47.2. The van der Waals surface area contributed by atoms with Crippen molar-refractivity contribution in [2.45, 2.75) is 12.4 Å². The van der Waals surface area contributed by atoms with Crippen LogP contribution in [0.25, 0.3) is 75.8 Å². The van der Waals surface area contributed by atoms with E-state index in [0.717, 1.165) is 45.8 Å². The van der Waals surface area contributed by atoms with Gasteiger partial charge >= 0.3 is 62.4 Å². The first-order valence-electron chi connectivity index (χ1n) is 18.9. The van der Waals surface area contributed by atoms with E-state index in [0.29, 0.717) is 55.0 Å². The summed E-state index contributed by atoms with van der Waals surface area (Å²) in [5, 5.41) is 14.6. The van der Waals surface area contributed by atoms with Crippen LogP contribution in [0, 0.1) is 0 Å². The Morgan fingerprint density at radius 2 is 0.712 bits per heavy atom. The Morgan fingerprint density at radius 1 is 0.364 bits per heavy atom. The molecule has 66 heavy (non-hydrogen) atoms. The molecule has 4 heterocycles. The van der Waals surface area contributed by atoms with Gasteiger partial charge in [0.1, 0.15) is 0 Å². The summed E-state index contributed by atoms with van der Waals surface area (Å²) in [5.41, 5.74) is 1.91. The largest absolute Gasteiger partial charge is 3.00 e. The summed E-state index contributed by atoms with van der Waals surface area (Å²) in [6.07, 6.45) is -2.40. The molecule has 0 saturated heterocycles. The van der Waals surface area contributed by atoms with Gasteiger partial charge < -0.3 is 10.6 Å². The standard InChI is InChI=1S/2C23H13F3N3.F6P.Fe/c2*24-23(25,26)16-11-18-17-8-2-1-5-15(17)13-28-22(18)20(12-16)29-19-9-3-6-14-7-4-10-27-21(14)19;1-7(2,3,4,5)6;/h2*1-13H;;/q3*-1;+3. The predicted octanol–water partition coefficient (Wildman–Crippen LogP) is 18.0. The molecule has 0 bridgehead atoms. The summed E-state index contributed by atoms with van der Waals surface area (Å²) in [7, 11) is -10.7. The zero-order chi connectivity index (χ0) is 46.4. The number of halogens is 12. The van der Waals surface area contributed by atoms with Crippen LogP contribution in [0.5, 0.6) is 0 Å². The molecule has 6 nitrogen and oxygen atoms in total. The van der Waals surface area contributed by atoms with Crippen molar-refractivity contribution in [3.63, 3.8) is 0 Å². The molecule has 0 fully saturated rings. The fourth-order valence-electron chi connectivity index (χ4n) is 7.01. The number of hydrogen-bond acceptors (Lipinski definition) is 4. The van der Waals surface area contributed by atoms with Gasteiger partial charge in [-0.1, -0.05) is 109 Å². The topological polar surface area (TPSA) is 79.8 Å². The van der Waals surface area contributed by atoms with E-state index in [2.05, 4.69) is 30.6 Å². The summed E-state index contributed by atoms with van der Waals surface area (Å²) >= 11 is 0. The van der Waals surface area contributed by atoms with E-state index in [1.165, 1.54) is 0 Å². The van der Waals surface area contributed by atoms with E-state index in [9.17, 15) is 51.5 Å². The van der Waals surface area contributed by atoms with E-state index in [1.807, 2.05) is 60.7 Å². The Bertz CT molecular complexity index is 3210. The van der Waals surface area contributed by atoms with Crippen LogP contribution in [0.2, 0.25) is 0 Å². The number of rotatable bonds is 4. The molecule has 20 heteroatoms. The molecular formula is C46H26F12FeN6P. The average molecular weight is 978 g/mol. The van der Waals surface area contributed by atoms with Crippen LogP contribution >= 0.6 is 7.81 Å². The second kappa shape index (κ2) is 16.9. The van der Waals surface area contributed by atoms with Gasteiger partial charge in [0.25, 0.3) is 0 Å². The van der Waals surface area contributed by atoms with Crippen LogP contribution in [0.3, 0.4) is 0 Å². The molecular weight excluding hydrogens is 951 g/mol. The van der Waals surface area contributed by atoms with Crippen LogP contribution in [0.4, 0.5) is 74.3 Å². The van der Waals surface area contributed by atoms with E-state index in [1.54, 1.807) is 73.3 Å². The molecule has 0 aliphatic carbocycles. The van der Waals surface area contributed by atoms with Crippen LogP contribution in [-0.2, 0) is 29.4 Å². The number of pyridine rings is 4. The molecule has 6 aromatic carbocycles. The Labute approximate surface area is 375 Å². The Morgan fingerprint density at radius 3 is 1.09 bits per heavy atom. The molecule has 4 aromatic heterocycles. The molecule has 0 aliphatic heterocycles. The Balaban J connectivity index is 0.000000170. The van der Waals surface area contributed by atoms with Gasteiger partial charge in [0.05, 0.1) is 33.2 Å². The maximum absolute atomic E-state index is 13.6. The van der Waals surface area contributed by atoms with E-state index in [-0.39, 0.29) is 28.4 Å². The fourth-order valence-corrected chi connectivity index (χ4v) is 7.01. The zero-order valence-corrected chi connectivity index (χ0v) is 35.0. The van der Waals surface area contributed by atoms with Gasteiger partial charge in [-0.2, -0.15) is 26.3 Å². The Kier molecular flexibility index (Phi) is 12.1. The van der Waals surface area contributed by atoms with Crippen molar-refractivity contribution in [2.75, 3.05) is 0 Å². The van der Waals surface area contributed by atoms with E-state index in [4.69, 9.17) is 0 Å². The minimum Gasteiger partial charge on any atom is 3.00 e. The Hall–Kier alpha value is -6.81. The van der Waals surface area contributed by atoms with Gasteiger partial charge in [-0.3, -0.25) is 19.9 Å². The van der Waals surface area contributed by atoms with Gasteiger partial charge in [0, 0.05) is 46.3 Å². The van der Waals surface area contributed by atoms with Crippen molar-refractivity contribution in [3.05, 3.63) is 180 Å². The SMILES string of the molecule is FC(F)(F)c1cc([N-]c2cccc3cccnc23)c2ncc3ccccc3c2c1.FC(F)(F)c1cc([N-]c2cccc3cccnc23)c2ncc3ccccc3c2c1.F[P-](F)(F)(F)(F)F.[Fe+3]. The van der Waals surface area contributed by atoms with E-state index < -0.39 is 31.3 Å². The quantitative estimate of drug-likeness (QED) is 0.0762. The third kappa shape index (κ3) is 11.2. The number of para-hydroxylation sites is 2. The molecule has 337 valence electrons. The number of benzene rings is 6. The first-order valence-corrected chi connectivity index (χ1v) is 20.9. The number of alkyl halides is 6. The summed E-state index contributed by atoms with van der Waals surface area (Å²) in [4.78, 5) is 17.5. The molecule has 0 saturated carbocycles. The number of hydrogen-bond donors (Lipinski definition) is 0. The summed E-state index contributed by atoms with van der Waals surface area (Å²) < 4.78 is 141. The average Bonchev–Trinajstić information content (AvgIpc) is 3.25. The summed E-state index contributed by atoms with van der Waals surface area (Å²) in [6, 6.07) is 37.1. The van der Waals surface area contributed by atoms with Crippen LogP contribution in [-0.4, -0.2) is 19.9 Å². The van der Waals surface area contributed by atoms with Crippen molar-refractivity contribution in [1.82, 2.24) is 19.9 Å². The third-order valence-electron chi connectivity index (χ3n) is 9.71. The van der Waals surface area contributed by atoms with Crippen LogP contribution in [0.15, 0.2) is 158 Å². The maximum Gasteiger partial charge on any atom is 3.00 e. The van der Waals surface area contributed by atoms with Crippen LogP contribution < -0.4 is 0 Å². The second-order valence-electron chi connectivity index (χ2n) is 14.4. The van der Waals surface area contributed by atoms with Gasteiger partial charge in [-0.05, 0) is 45.8 Å². The number of aromatic nitrogens is 4. The first-order chi connectivity index (χ1) is 30.5. The van der Waals surface area contributed by atoms with Crippen molar-refractivity contribution in [2.24, 2.45) is 0 Å². The minimum atomic E-state index is -10.7. The molecule has 0 N–H and O–H groups in total. The van der Waals surface area contributed by atoms with Crippen molar-refractivity contribution in [1.29, 1.82) is 0 Å². The normalized spacial score (nSPS) is 13.0. The molecule has 0 atom stereocenters. The van der Waals surface area contributed by atoms with Crippen molar-refractivity contribution >= 4 is 95.7 Å². The molecule has 10 aromatic rings. The minimum absolute atomic E-state index is 0. The molecule has 0 spiro atoms. The second-order valence-corrected chi connectivity index (χ2v) is 16.3. The molecule has 10 rings (SSSR count). The van der Waals surface area contributed by atoms with Crippen molar-refractivity contribution < 1.29 is 68.6 Å². The molecule has 0 aliphatic rings. The summed E-state index contributed by atoms with van der Waals surface area (Å²) in [6.45, 7) is 0. The van der Waals surface area contributed by atoms with Gasteiger partial charge in [0.2, 0.25) is 0 Å². The maximum atomic E-state index is 13.6. The van der Waals surface area contributed by atoms with Gasteiger partial charge in [-0.15, -0.1) is 22.7 Å². The summed E-state index contributed by atoms with van der Waals surface area (Å²) in [5.74, 6) is 0.